The molecule has 0 amide bonds. The van der Waals surface area contributed by atoms with E-state index < -0.39 is 0 Å². The SMILES string of the molecule is C=CCCC(CC)C(=O)OC. The van der Waals surface area contributed by atoms with E-state index in [1.54, 1.807) is 0 Å². The van der Waals surface area contributed by atoms with Crippen LogP contribution in [0.4, 0.5) is 0 Å². The molecular weight excluding hydrogens is 140 g/mol. The molecule has 0 saturated heterocycles. The fraction of sp³-hybridized carbons (Fsp3) is 0.667. The summed E-state index contributed by atoms with van der Waals surface area (Å²) in [5, 5.41) is 0. The van der Waals surface area contributed by atoms with Gasteiger partial charge in [0.25, 0.3) is 0 Å². The molecule has 0 heterocycles. The molecule has 0 saturated carbocycles. The van der Waals surface area contributed by atoms with E-state index in [1.165, 1.54) is 7.11 Å². The van der Waals surface area contributed by atoms with Crippen molar-refractivity contribution in [3.63, 3.8) is 0 Å². The van der Waals surface area contributed by atoms with Gasteiger partial charge in [0.1, 0.15) is 0 Å². The highest BCUT2D eigenvalue weighted by Crippen LogP contribution is 2.12. The molecule has 0 aromatic heterocycles. The molecular formula is C9H16O2. The summed E-state index contributed by atoms with van der Waals surface area (Å²) in [6.07, 6.45) is 4.41. The van der Waals surface area contributed by atoms with Crippen molar-refractivity contribution in [1.29, 1.82) is 0 Å². The van der Waals surface area contributed by atoms with E-state index in [9.17, 15) is 4.79 Å². The minimum absolute atomic E-state index is 0.0537. The van der Waals surface area contributed by atoms with Gasteiger partial charge in [0.05, 0.1) is 13.0 Å². The number of methoxy groups -OCH3 is 1. The predicted molar refractivity (Wildman–Crippen MR) is 45.2 cm³/mol. The van der Waals surface area contributed by atoms with Crippen LogP contribution in [0.25, 0.3) is 0 Å². The first-order valence-electron chi connectivity index (χ1n) is 3.95. The molecule has 0 bridgehead atoms. The summed E-state index contributed by atoms with van der Waals surface area (Å²) in [5.41, 5.74) is 0. The van der Waals surface area contributed by atoms with Gasteiger partial charge in [0, 0.05) is 0 Å². The largest absolute Gasteiger partial charge is 0.469 e. The van der Waals surface area contributed by atoms with Crippen LogP contribution < -0.4 is 0 Å². The van der Waals surface area contributed by atoms with Crippen LogP contribution in [0.3, 0.4) is 0 Å². The lowest BCUT2D eigenvalue weighted by Crippen LogP contribution is -2.14. The maximum Gasteiger partial charge on any atom is 0.308 e. The van der Waals surface area contributed by atoms with Crippen LogP contribution in [0.2, 0.25) is 0 Å². The fourth-order valence-electron chi connectivity index (χ4n) is 0.974. The van der Waals surface area contributed by atoms with Gasteiger partial charge in [-0.25, -0.2) is 0 Å². The first-order chi connectivity index (χ1) is 5.26. The average molecular weight is 156 g/mol. The molecule has 0 aromatic rings. The maximum absolute atomic E-state index is 11.0. The molecule has 0 aromatic carbocycles. The number of allylic oxidation sites excluding steroid dienone is 1. The van der Waals surface area contributed by atoms with Crippen molar-refractivity contribution < 1.29 is 9.53 Å². The Morgan fingerprint density at radius 2 is 2.36 bits per heavy atom. The second-order valence-corrected chi connectivity index (χ2v) is 2.49. The molecule has 0 aliphatic carbocycles. The molecule has 0 radical (unpaired) electrons. The van der Waals surface area contributed by atoms with E-state index in [1.807, 2.05) is 13.0 Å². The van der Waals surface area contributed by atoms with Gasteiger partial charge in [0.2, 0.25) is 0 Å². The number of carbonyl (C=O) groups excluding carboxylic acids is 1. The zero-order valence-corrected chi connectivity index (χ0v) is 7.30. The lowest BCUT2D eigenvalue weighted by molar-refractivity contribution is -0.145. The quantitative estimate of drug-likeness (QED) is 0.450. The van der Waals surface area contributed by atoms with E-state index in [2.05, 4.69) is 11.3 Å². The van der Waals surface area contributed by atoms with Crippen molar-refractivity contribution in [3.8, 4) is 0 Å². The van der Waals surface area contributed by atoms with Crippen molar-refractivity contribution in [1.82, 2.24) is 0 Å². The van der Waals surface area contributed by atoms with E-state index >= 15 is 0 Å². The number of esters is 1. The Morgan fingerprint density at radius 1 is 1.73 bits per heavy atom. The molecule has 0 aliphatic heterocycles. The van der Waals surface area contributed by atoms with E-state index in [-0.39, 0.29) is 11.9 Å². The van der Waals surface area contributed by atoms with Crippen molar-refractivity contribution >= 4 is 5.97 Å². The third kappa shape index (κ3) is 3.81. The molecule has 1 unspecified atom stereocenters. The summed E-state index contributed by atoms with van der Waals surface area (Å²) in [5.74, 6) is -0.0488. The lowest BCUT2D eigenvalue weighted by atomic mass is 10.0. The normalized spacial score (nSPS) is 12.2. The third-order valence-electron chi connectivity index (χ3n) is 1.75. The summed E-state index contributed by atoms with van der Waals surface area (Å²) in [6.45, 7) is 5.59. The smallest absolute Gasteiger partial charge is 0.308 e. The van der Waals surface area contributed by atoms with Crippen molar-refractivity contribution in [3.05, 3.63) is 12.7 Å². The lowest BCUT2D eigenvalue weighted by Gasteiger charge is -2.09. The Labute approximate surface area is 68.2 Å². The molecule has 0 fully saturated rings. The Hall–Kier alpha value is -0.790. The van der Waals surface area contributed by atoms with Crippen molar-refractivity contribution in [2.24, 2.45) is 5.92 Å². The molecule has 1 atom stereocenters. The van der Waals surface area contributed by atoms with Crippen LogP contribution >= 0.6 is 0 Å². The van der Waals surface area contributed by atoms with Crippen LogP contribution in [-0.2, 0) is 9.53 Å². The highest BCUT2D eigenvalue weighted by molar-refractivity contribution is 5.72. The Morgan fingerprint density at radius 3 is 2.73 bits per heavy atom. The number of hydrogen-bond donors (Lipinski definition) is 0. The number of ether oxygens (including phenoxy) is 1. The molecule has 0 spiro atoms. The van der Waals surface area contributed by atoms with E-state index in [4.69, 9.17) is 0 Å². The van der Waals surface area contributed by atoms with E-state index in [0.29, 0.717) is 0 Å². The first kappa shape index (κ1) is 10.2. The van der Waals surface area contributed by atoms with E-state index in [0.717, 1.165) is 19.3 Å². The van der Waals surface area contributed by atoms with Gasteiger partial charge >= 0.3 is 5.97 Å². The van der Waals surface area contributed by atoms with Crippen LogP contribution in [0.1, 0.15) is 26.2 Å². The first-order valence-corrected chi connectivity index (χ1v) is 3.95. The molecule has 2 nitrogen and oxygen atoms in total. The monoisotopic (exact) mass is 156 g/mol. The van der Waals surface area contributed by atoms with Crippen LogP contribution in [0.15, 0.2) is 12.7 Å². The van der Waals surface area contributed by atoms with Crippen molar-refractivity contribution in [2.45, 2.75) is 26.2 Å². The van der Waals surface area contributed by atoms with Gasteiger partial charge in [-0.3, -0.25) is 4.79 Å². The number of rotatable bonds is 5. The Balaban J connectivity index is 3.74. The molecule has 64 valence electrons. The molecule has 2 heteroatoms. The molecule has 0 aliphatic rings. The third-order valence-corrected chi connectivity index (χ3v) is 1.75. The summed E-state index contributed by atoms with van der Waals surface area (Å²) in [7, 11) is 1.43. The van der Waals surface area contributed by atoms with Crippen LogP contribution in [0, 0.1) is 5.92 Å². The van der Waals surface area contributed by atoms with Gasteiger partial charge in [0.15, 0.2) is 0 Å². The highest BCUT2D eigenvalue weighted by Gasteiger charge is 2.14. The van der Waals surface area contributed by atoms with Crippen LogP contribution in [-0.4, -0.2) is 13.1 Å². The summed E-state index contributed by atoms with van der Waals surface area (Å²) >= 11 is 0. The van der Waals surface area contributed by atoms with Gasteiger partial charge in [-0.15, -0.1) is 6.58 Å². The minimum atomic E-state index is -0.102. The Bertz CT molecular complexity index is 130. The highest BCUT2D eigenvalue weighted by atomic mass is 16.5. The van der Waals surface area contributed by atoms with Gasteiger partial charge in [-0.1, -0.05) is 13.0 Å². The minimum Gasteiger partial charge on any atom is -0.469 e. The summed E-state index contributed by atoms with van der Waals surface area (Å²) in [4.78, 5) is 11.0. The second-order valence-electron chi connectivity index (χ2n) is 2.49. The summed E-state index contributed by atoms with van der Waals surface area (Å²) in [6, 6.07) is 0. The fourth-order valence-corrected chi connectivity index (χ4v) is 0.974. The molecule has 11 heavy (non-hydrogen) atoms. The van der Waals surface area contributed by atoms with Crippen molar-refractivity contribution in [2.75, 3.05) is 7.11 Å². The van der Waals surface area contributed by atoms with Crippen LogP contribution in [0.5, 0.6) is 0 Å². The standard InChI is InChI=1S/C9H16O2/c1-4-6-7-8(5-2)9(10)11-3/h4,8H,1,5-7H2,2-3H3. The molecule has 0 N–H and O–H groups in total. The zero-order valence-electron chi connectivity index (χ0n) is 7.30. The van der Waals surface area contributed by atoms with Gasteiger partial charge in [-0.2, -0.15) is 0 Å². The van der Waals surface area contributed by atoms with Gasteiger partial charge in [-0.05, 0) is 19.3 Å². The maximum atomic E-state index is 11.0. The second kappa shape index (κ2) is 5.96. The number of carbonyl (C=O) groups is 1. The van der Waals surface area contributed by atoms with Gasteiger partial charge < -0.3 is 4.74 Å². The summed E-state index contributed by atoms with van der Waals surface area (Å²) < 4.78 is 4.63. The molecule has 0 rings (SSSR count). The Kier molecular flexibility index (Phi) is 5.53. The average Bonchev–Trinajstić information content (AvgIpc) is 2.05. The topological polar surface area (TPSA) is 26.3 Å². The zero-order chi connectivity index (χ0) is 8.69. The predicted octanol–water partition coefficient (Wildman–Crippen LogP) is 2.15. The number of hydrogen-bond acceptors (Lipinski definition) is 2.